The van der Waals surface area contributed by atoms with Crippen molar-refractivity contribution in [2.75, 3.05) is 6.54 Å². The molecule has 2 aliphatic heterocycles. The zero-order chi connectivity index (χ0) is 7.52. The normalized spacial score (nSPS) is 24.0. The summed E-state index contributed by atoms with van der Waals surface area (Å²) in [6.07, 6.45) is 10.5. The second-order valence-electron chi connectivity index (χ2n) is 3.15. The number of hydrogen-bond donors (Lipinski definition) is 0. The van der Waals surface area contributed by atoms with Crippen LogP contribution in [0.4, 0.5) is 0 Å². The largest absolute Gasteiger partial charge is 0.270 e. The van der Waals surface area contributed by atoms with Crippen molar-refractivity contribution in [2.24, 2.45) is 5.10 Å². The lowest BCUT2D eigenvalue weighted by atomic mass is 10.1. The van der Waals surface area contributed by atoms with E-state index in [1.165, 1.54) is 31.4 Å². The molecule has 0 aromatic rings. The topological polar surface area (TPSA) is 15.6 Å². The van der Waals surface area contributed by atoms with Crippen LogP contribution in [0, 0.1) is 0 Å². The highest BCUT2D eigenvalue weighted by atomic mass is 15.5. The molecule has 60 valence electrons. The lowest BCUT2D eigenvalue weighted by molar-refractivity contribution is 0.333. The van der Waals surface area contributed by atoms with Crippen molar-refractivity contribution in [1.29, 1.82) is 0 Å². The van der Waals surface area contributed by atoms with E-state index in [1.807, 2.05) is 6.21 Å². The summed E-state index contributed by atoms with van der Waals surface area (Å²) in [4.78, 5) is 0. The minimum Gasteiger partial charge on any atom is -0.270 e. The van der Waals surface area contributed by atoms with Gasteiger partial charge in [-0.1, -0.05) is 6.08 Å². The Balaban J connectivity index is 2.16. The fourth-order valence-electron chi connectivity index (χ4n) is 1.65. The number of rotatable bonds is 0. The van der Waals surface area contributed by atoms with Crippen LogP contribution in [0.1, 0.15) is 32.1 Å². The van der Waals surface area contributed by atoms with Gasteiger partial charge in [-0.2, -0.15) is 5.10 Å². The van der Waals surface area contributed by atoms with E-state index in [9.17, 15) is 0 Å². The van der Waals surface area contributed by atoms with Crippen molar-refractivity contribution in [1.82, 2.24) is 5.01 Å². The Kier molecular flexibility index (Phi) is 1.93. The van der Waals surface area contributed by atoms with E-state index in [0.29, 0.717) is 0 Å². The van der Waals surface area contributed by atoms with Gasteiger partial charge < -0.3 is 0 Å². The highest BCUT2D eigenvalue weighted by Gasteiger charge is 2.13. The molecule has 0 bridgehead atoms. The second-order valence-corrected chi connectivity index (χ2v) is 3.15. The molecule has 2 rings (SSSR count). The van der Waals surface area contributed by atoms with Crippen LogP contribution in [0.2, 0.25) is 0 Å². The Morgan fingerprint density at radius 1 is 1.27 bits per heavy atom. The van der Waals surface area contributed by atoms with Crippen molar-refractivity contribution >= 4 is 6.21 Å². The van der Waals surface area contributed by atoms with Crippen LogP contribution in [0.5, 0.6) is 0 Å². The van der Waals surface area contributed by atoms with Gasteiger partial charge in [0.05, 0.1) is 0 Å². The average Bonchev–Trinajstić information content (AvgIpc) is 2.28. The molecule has 0 aromatic heterocycles. The van der Waals surface area contributed by atoms with Crippen molar-refractivity contribution in [3.8, 4) is 0 Å². The summed E-state index contributed by atoms with van der Waals surface area (Å²) in [6, 6.07) is 0. The summed E-state index contributed by atoms with van der Waals surface area (Å²) >= 11 is 0. The fraction of sp³-hybridized carbons (Fsp3) is 0.667. The molecule has 0 unspecified atom stereocenters. The molecule has 2 nitrogen and oxygen atoms in total. The lowest BCUT2D eigenvalue weighted by Crippen LogP contribution is -2.20. The van der Waals surface area contributed by atoms with E-state index < -0.39 is 0 Å². The molecule has 2 heterocycles. The molecule has 0 N–H and O–H groups in total. The Hall–Kier alpha value is -0.790. The third-order valence-corrected chi connectivity index (χ3v) is 2.27. The maximum Gasteiger partial charge on any atom is 0.0414 e. The molecule has 0 saturated heterocycles. The Morgan fingerprint density at radius 2 is 2.27 bits per heavy atom. The molecule has 0 spiro atoms. The third kappa shape index (κ3) is 1.44. The standard InChI is InChI=1S/C9H14N2/c1-3-7-10-11-8-4-2-6-9(11)5-1/h6-7H,1-5,8H2. The predicted octanol–water partition coefficient (Wildman–Crippen LogP) is 2.14. The maximum absolute atomic E-state index is 4.39. The minimum atomic E-state index is 1.13. The van der Waals surface area contributed by atoms with Gasteiger partial charge in [0.25, 0.3) is 0 Å². The highest BCUT2D eigenvalue weighted by molar-refractivity contribution is 5.57. The fourth-order valence-corrected chi connectivity index (χ4v) is 1.65. The van der Waals surface area contributed by atoms with E-state index in [0.717, 1.165) is 13.0 Å². The van der Waals surface area contributed by atoms with Gasteiger partial charge >= 0.3 is 0 Å². The number of nitrogens with zero attached hydrogens (tertiary/aromatic N) is 2. The van der Waals surface area contributed by atoms with Crippen molar-refractivity contribution in [3.63, 3.8) is 0 Å². The summed E-state index contributed by atoms with van der Waals surface area (Å²) in [5.41, 5.74) is 1.45. The Bertz CT molecular complexity index is 194. The van der Waals surface area contributed by atoms with Crippen molar-refractivity contribution in [3.05, 3.63) is 11.8 Å². The second kappa shape index (κ2) is 3.07. The van der Waals surface area contributed by atoms with Gasteiger partial charge in [-0.05, 0) is 32.1 Å². The summed E-state index contributed by atoms with van der Waals surface area (Å²) in [5, 5.41) is 6.55. The molecule has 0 aromatic carbocycles. The van der Waals surface area contributed by atoms with Gasteiger partial charge in [0.15, 0.2) is 0 Å². The molecule has 2 aliphatic rings. The SMILES string of the molecule is C1=NN2CCCC=C2CCC1. The quantitative estimate of drug-likeness (QED) is 0.516. The molecular weight excluding hydrogens is 136 g/mol. The van der Waals surface area contributed by atoms with E-state index in [1.54, 1.807) is 0 Å². The molecule has 0 atom stereocenters. The van der Waals surface area contributed by atoms with Crippen LogP contribution in [-0.2, 0) is 0 Å². The molecule has 0 amide bonds. The van der Waals surface area contributed by atoms with Crippen molar-refractivity contribution in [2.45, 2.75) is 32.1 Å². The first-order chi connectivity index (χ1) is 5.47. The highest BCUT2D eigenvalue weighted by Crippen LogP contribution is 2.21. The van der Waals surface area contributed by atoms with E-state index in [-0.39, 0.29) is 0 Å². The number of hydrazone groups is 1. The lowest BCUT2D eigenvalue weighted by Gasteiger charge is -2.24. The molecule has 2 heteroatoms. The third-order valence-electron chi connectivity index (χ3n) is 2.27. The molecule has 0 fully saturated rings. The van der Waals surface area contributed by atoms with Gasteiger partial charge in [-0.25, -0.2) is 0 Å². The van der Waals surface area contributed by atoms with Crippen LogP contribution in [0.15, 0.2) is 16.9 Å². The van der Waals surface area contributed by atoms with Crippen LogP contribution in [0.25, 0.3) is 0 Å². The first kappa shape index (κ1) is 6.89. The van der Waals surface area contributed by atoms with Gasteiger partial charge in [0.2, 0.25) is 0 Å². The van der Waals surface area contributed by atoms with Gasteiger partial charge in [-0.3, -0.25) is 5.01 Å². The van der Waals surface area contributed by atoms with E-state index >= 15 is 0 Å². The van der Waals surface area contributed by atoms with Gasteiger partial charge in [0, 0.05) is 18.5 Å². The monoisotopic (exact) mass is 150 g/mol. The summed E-state index contributed by atoms with van der Waals surface area (Å²) in [7, 11) is 0. The zero-order valence-electron chi connectivity index (χ0n) is 6.79. The number of allylic oxidation sites excluding steroid dienone is 2. The first-order valence-corrected chi connectivity index (χ1v) is 4.46. The molecule has 0 saturated carbocycles. The van der Waals surface area contributed by atoms with Gasteiger partial charge in [-0.15, -0.1) is 0 Å². The first-order valence-electron chi connectivity index (χ1n) is 4.46. The molecule has 0 radical (unpaired) electrons. The van der Waals surface area contributed by atoms with Crippen LogP contribution in [0.3, 0.4) is 0 Å². The summed E-state index contributed by atoms with van der Waals surface area (Å²) in [6.45, 7) is 1.13. The van der Waals surface area contributed by atoms with Crippen LogP contribution in [-0.4, -0.2) is 17.8 Å². The minimum absolute atomic E-state index is 1.13. The van der Waals surface area contributed by atoms with E-state index in [4.69, 9.17) is 0 Å². The van der Waals surface area contributed by atoms with Crippen LogP contribution < -0.4 is 0 Å². The predicted molar refractivity (Wildman–Crippen MR) is 46.4 cm³/mol. The smallest absolute Gasteiger partial charge is 0.0414 e. The molecular formula is C9H14N2. The maximum atomic E-state index is 4.39. The van der Waals surface area contributed by atoms with Crippen molar-refractivity contribution < 1.29 is 0 Å². The molecule has 11 heavy (non-hydrogen) atoms. The molecule has 0 aliphatic carbocycles. The average molecular weight is 150 g/mol. The zero-order valence-corrected chi connectivity index (χ0v) is 6.79. The number of fused-ring (bicyclic) bond motifs is 1. The van der Waals surface area contributed by atoms with Crippen LogP contribution >= 0.6 is 0 Å². The Labute approximate surface area is 67.6 Å². The summed E-state index contributed by atoms with van der Waals surface area (Å²) < 4.78 is 0. The van der Waals surface area contributed by atoms with E-state index in [2.05, 4.69) is 16.2 Å². The Morgan fingerprint density at radius 3 is 3.27 bits per heavy atom. The van der Waals surface area contributed by atoms with Gasteiger partial charge in [0.1, 0.15) is 0 Å². The number of hydrogen-bond acceptors (Lipinski definition) is 2. The summed E-state index contributed by atoms with van der Waals surface area (Å²) in [5.74, 6) is 0.